The van der Waals surface area contributed by atoms with Crippen LogP contribution in [0.5, 0.6) is 0 Å². The number of benzene rings is 1. The smallest absolute Gasteiger partial charge is 0.243 e. The van der Waals surface area contributed by atoms with Crippen LogP contribution in [0, 0.1) is 0 Å². The van der Waals surface area contributed by atoms with Gasteiger partial charge in [0.1, 0.15) is 6.04 Å². The van der Waals surface area contributed by atoms with Crippen LogP contribution in [-0.2, 0) is 25.6 Å². The highest BCUT2D eigenvalue weighted by Crippen LogP contribution is 2.04. The lowest BCUT2D eigenvalue weighted by molar-refractivity contribution is -0.130. The first-order chi connectivity index (χ1) is 14.5. The number of nitrogens with one attached hydrogen (secondary N) is 4. The minimum Gasteiger partial charge on any atom is -0.347 e. The maximum absolute atomic E-state index is 12.6. The van der Waals surface area contributed by atoms with Gasteiger partial charge >= 0.3 is 0 Å². The second kappa shape index (κ2) is 15.1. The summed E-state index contributed by atoms with van der Waals surface area (Å²) in [5.41, 5.74) is 0.878. The van der Waals surface area contributed by atoms with E-state index in [1.807, 2.05) is 44.2 Å². The highest BCUT2D eigenvalue weighted by molar-refractivity contribution is 5.92. The van der Waals surface area contributed by atoms with Crippen molar-refractivity contribution in [1.82, 2.24) is 21.3 Å². The summed E-state index contributed by atoms with van der Waals surface area (Å²) in [5, 5.41) is 10.7. The SMILES string of the molecule is CCCCC(=O)CNC(=O)C(Cc1ccccc1)NC(=O)CNC(=O)CNCCC. The van der Waals surface area contributed by atoms with E-state index >= 15 is 0 Å². The Balaban J connectivity index is 2.60. The normalized spacial score (nSPS) is 11.4. The average molecular weight is 419 g/mol. The topological polar surface area (TPSA) is 116 Å². The molecular formula is C22H34N4O4. The molecule has 0 heterocycles. The molecule has 1 aromatic rings. The Hall–Kier alpha value is -2.74. The first-order valence-electron chi connectivity index (χ1n) is 10.6. The number of carbonyl (C=O) groups excluding carboxylic acids is 4. The molecule has 1 aromatic carbocycles. The maximum Gasteiger partial charge on any atom is 0.243 e. The highest BCUT2D eigenvalue weighted by atomic mass is 16.2. The lowest BCUT2D eigenvalue weighted by atomic mass is 10.0. The van der Waals surface area contributed by atoms with E-state index in [1.165, 1.54) is 0 Å². The van der Waals surface area contributed by atoms with Crippen LogP contribution in [0.1, 0.15) is 45.1 Å². The van der Waals surface area contributed by atoms with Gasteiger partial charge in [-0.1, -0.05) is 50.6 Å². The number of amides is 3. The molecular weight excluding hydrogens is 384 g/mol. The molecule has 1 rings (SSSR count). The molecule has 0 radical (unpaired) electrons. The van der Waals surface area contributed by atoms with E-state index in [0.29, 0.717) is 6.42 Å². The number of unbranched alkanes of at least 4 members (excludes halogenated alkanes) is 1. The van der Waals surface area contributed by atoms with Crippen LogP contribution < -0.4 is 21.3 Å². The Morgan fingerprint density at radius 2 is 1.60 bits per heavy atom. The minimum atomic E-state index is -0.839. The van der Waals surface area contributed by atoms with E-state index in [2.05, 4.69) is 21.3 Å². The van der Waals surface area contributed by atoms with Gasteiger partial charge in [-0.15, -0.1) is 0 Å². The van der Waals surface area contributed by atoms with E-state index < -0.39 is 17.9 Å². The van der Waals surface area contributed by atoms with Crippen molar-refractivity contribution in [3.63, 3.8) is 0 Å². The lowest BCUT2D eigenvalue weighted by Gasteiger charge is -2.19. The molecule has 1 atom stereocenters. The molecule has 1 unspecified atom stereocenters. The van der Waals surface area contributed by atoms with Crippen molar-refractivity contribution in [2.45, 2.75) is 52.0 Å². The van der Waals surface area contributed by atoms with Gasteiger partial charge in [0, 0.05) is 12.8 Å². The number of carbonyl (C=O) groups is 4. The van der Waals surface area contributed by atoms with Crippen molar-refractivity contribution in [1.29, 1.82) is 0 Å². The Labute approximate surface area is 178 Å². The molecule has 8 nitrogen and oxygen atoms in total. The lowest BCUT2D eigenvalue weighted by Crippen LogP contribution is -2.51. The Morgan fingerprint density at radius 3 is 2.27 bits per heavy atom. The zero-order valence-corrected chi connectivity index (χ0v) is 18.0. The van der Waals surface area contributed by atoms with E-state index in [-0.39, 0.29) is 37.7 Å². The summed E-state index contributed by atoms with van der Waals surface area (Å²) in [5.74, 6) is -1.22. The molecule has 0 bridgehead atoms. The van der Waals surface area contributed by atoms with Crippen LogP contribution in [0.25, 0.3) is 0 Å². The molecule has 8 heteroatoms. The third-order valence-electron chi connectivity index (χ3n) is 4.36. The van der Waals surface area contributed by atoms with Crippen molar-refractivity contribution in [2.24, 2.45) is 0 Å². The van der Waals surface area contributed by atoms with Crippen LogP contribution in [0.2, 0.25) is 0 Å². The summed E-state index contributed by atoms with van der Waals surface area (Å²) < 4.78 is 0. The van der Waals surface area contributed by atoms with Gasteiger partial charge in [-0.3, -0.25) is 19.2 Å². The predicted molar refractivity (Wildman–Crippen MR) is 116 cm³/mol. The molecule has 0 spiro atoms. The van der Waals surface area contributed by atoms with Gasteiger partial charge in [0.15, 0.2) is 5.78 Å². The van der Waals surface area contributed by atoms with Crippen LogP contribution in [0.3, 0.4) is 0 Å². The number of ketones is 1. The predicted octanol–water partition coefficient (Wildman–Crippen LogP) is 0.705. The standard InChI is InChI=1S/C22H34N4O4/c1-3-5-11-18(27)14-25-22(30)19(13-17-9-7-6-8-10-17)26-21(29)16-24-20(28)15-23-12-4-2/h6-10,19,23H,3-5,11-16H2,1-2H3,(H,24,28)(H,25,30)(H,26,29). The van der Waals surface area contributed by atoms with Gasteiger partial charge in [0.25, 0.3) is 0 Å². The molecule has 0 aliphatic heterocycles. The summed E-state index contributed by atoms with van der Waals surface area (Å²) in [6, 6.07) is 8.45. The van der Waals surface area contributed by atoms with Gasteiger partial charge < -0.3 is 21.3 Å². The van der Waals surface area contributed by atoms with Crippen molar-refractivity contribution >= 4 is 23.5 Å². The van der Waals surface area contributed by atoms with Gasteiger partial charge in [0.2, 0.25) is 17.7 Å². The van der Waals surface area contributed by atoms with Gasteiger partial charge in [-0.2, -0.15) is 0 Å². The monoisotopic (exact) mass is 418 g/mol. The molecule has 0 saturated heterocycles. The van der Waals surface area contributed by atoms with Crippen molar-refractivity contribution in [3.8, 4) is 0 Å². The van der Waals surface area contributed by atoms with Gasteiger partial charge in [-0.05, 0) is 24.9 Å². The summed E-state index contributed by atoms with van der Waals surface area (Å²) in [7, 11) is 0. The van der Waals surface area contributed by atoms with Gasteiger partial charge in [-0.25, -0.2) is 0 Å². The Bertz CT molecular complexity index is 679. The average Bonchev–Trinajstić information content (AvgIpc) is 2.75. The summed E-state index contributed by atoms with van der Waals surface area (Å²) in [4.78, 5) is 48.4. The fraction of sp³-hybridized carbons (Fsp3) is 0.545. The number of rotatable bonds is 15. The minimum absolute atomic E-state index is 0.0400. The zero-order chi connectivity index (χ0) is 22.2. The Morgan fingerprint density at radius 1 is 0.867 bits per heavy atom. The number of hydrogen-bond donors (Lipinski definition) is 4. The van der Waals surface area contributed by atoms with Crippen LogP contribution in [0.15, 0.2) is 30.3 Å². The second-order valence-electron chi connectivity index (χ2n) is 7.12. The van der Waals surface area contributed by atoms with Crippen molar-refractivity contribution in [3.05, 3.63) is 35.9 Å². The highest BCUT2D eigenvalue weighted by Gasteiger charge is 2.22. The fourth-order valence-corrected chi connectivity index (χ4v) is 2.70. The molecule has 0 aliphatic rings. The first-order valence-corrected chi connectivity index (χ1v) is 10.6. The summed E-state index contributed by atoms with van der Waals surface area (Å²) in [6.07, 6.45) is 3.31. The Kier molecular flexibility index (Phi) is 12.8. The van der Waals surface area contributed by atoms with E-state index in [1.54, 1.807) is 0 Å². The second-order valence-corrected chi connectivity index (χ2v) is 7.12. The number of hydrogen-bond acceptors (Lipinski definition) is 5. The van der Waals surface area contributed by atoms with Crippen molar-refractivity contribution in [2.75, 3.05) is 26.2 Å². The van der Waals surface area contributed by atoms with Crippen LogP contribution in [0.4, 0.5) is 0 Å². The summed E-state index contributed by atoms with van der Waals surface area (Å²) >= 11 is 0. The molecule has 0 aliphatic carbocycles. The van der Waals surface area contributed by atoms with Crippen LogP contribution >= 0.6 is 0 Å². The van der Waals surface area contributed by atoms with E-state index in [0.717, 1.165) is 31.4 Å². The third kappa shape index (κ3) is 11.3. The quantitative estimate of drug-likeness (QED) is 0.313. The first kappa shape index (κ1) is 25.3. The zero-order valence-electron chi connectivity index (χ0n) is 18.0. The molecule has 166 valence electrons. The van der Waals surface area contributed by atoms with Crippen LogP contribution in [-0.4, -0.2) is 55.7 Å². The molecule has 4 N–H and O–H groups in total. The van der Waals surface area contributed by atoms with Crippen molar-refractivity contribution < 1.29 is 19.2 Å². The van der Waals surface area contributed by atoms with E-state index in [4.69, 9.17) is 0 Å². The maximum atomic E-state index is 12.6. The third-order valence-corrected chi connectivity index (χ3v) is 4.36. The van der Waals surface area contributed by atoms with E-state index in [9.17, 15) is 19.2 Å². The number of Topliss-reactive ketones (excluding diaryl/α,β-unsaturated/α-hetero) is 1. The fourth-order valence-electron chi connectivity index (χ4n) is 2.70. The largest absolute Gasteiger partial charge is 0.347 e. The summed E-state index contributed by atoms with van der Waals surface area (Å²) in [6.45, 7) is 4.56. The molecule has 0 saturated carbocycles. The molecule has 3 amide bonds. The molecule has 0 fully saturated rings. The molecule has 30 heavy (non-hydrogen) atoms. The van der Waals surface area contributed by atoms with Gasteiger partial charge in [0.05, 0.1) is 19.6 Å². The molecule has 0 aromatic heterocycles.